The van der Waals surface area contributed by atoms with Gasteiger partial charge in [-0.05, 0) is 6.07 Å². The summed E-state index contributed by atoms with van der Waals surface area (Å²) in [5.41, 5.74) is 0.249. The first-order chi connectivity index (χ1) is 8.04. The number of nitriles is 1. The van der Waals surface area contributed by atoms with E-state index in [9.17, 15) is 13.6 Å². The van der Waals surface area contributed by atoms with Gasteiger partial charge in [-0.25, -0.2) is 8.78 Å². The van der Waals surface area contributed by atoms with E-state index in [1.54, 1.807) is 0 Å². The Morgan fingerprint density at radius 3 is 2.76 bits per heavy atom. The summed E-state index contributed by atoms with van der Waals surface area (Å²) < 4.78 is 25.9. The van der Waals surface area contributed by atoms with Gasteiger partial charge in [-0.3, -0.25) is 4.79 Å². The zero-order valence-electron chi connectivity index (χ0n) is 9.41. The van der Waals surface area contributed by atoms with Gasteiger partial charge in [0, 0.05) is 38.1 Å². The lowest BCUT2D eigenvalue weighted by Gasteiger charge is -2.17. The summed E-state index contributed by atoms with van der Waals surface area (Å²) in [7, 11) is 1.52. The van der Waals surface area contributed by atoms with Crippen molar-refractivity contribution >= 4 is 5.91 Å². The predicted octanol–water partition coefficient (Wildman–Crippen LogP) is 2.23. The van der Waals surface area contributed by atoms with Gasteiger partial charge >= 0.3 is 0 Å². The van der Waals surface area contributed by atoms with E-state index in [2.05, 4.69) is 0 Å². The molecule has 0 saturated heterocycles. The quantitative estimate of drug-likeness (QED) is 0.807. The topological polar surface area (TPSA) is 44.1 Å². The summed E-state index contributed by atoms with van der Waals surface area (Å²) >= 11 is 0. The molecule has 17 heavy (non-hydrogen) atoms. The molecule has 0 aliphatic carbocycles. The Balaban J connectivity index is 2.65. The van der Waals surface area contributed by atoms with E-state index >= 15 is 0 Å². The highest BCUT2D eigenvalue weighted by atomic mass is 19.1. The number of carbonyl (C=O) groups excluding carboxylic acids is 1. The fourth-order valence-electron chi connectivity index (χ4n) is 1.35. The molecule has 0 atom stereocenters. The molecule has 3 nitrogen and oxygen atoms in total. The van der Waals surface area contributed by atoms with Crippen molar-refractivity contribution in [2.24, 2.45) is 0 Å². The van der Waals surface area contributed by atoms with Crippen LogP contribution in [0.25, 0.3) is 0 Å². The van der Waals surface area contributed by atoms with Crippen LogP contribution < -0.4 is 0 Å². The minimum atomic E-state index is -0.676. The van der Waals surface area contributed by atoms with E-state index in [0.29, 0.717) is 0 Å². The molecule has 1 rings (SSSR count). The normalized spacial score (nSPS) is 9.76. The average Bonchev–Trinajstić information content (AvgIpc) is 2.29. The molecule has 0 N–H and O–H groups in total. The Labute approximate surface area is 98.3 Å². The van der Waals surface area contributed by atoms with Crippen LogP contribution >= 0.6 is 0 Å². The lowest BCUT2D eigenvalue weighted by atomic mass is 10.2. The first-order valence-electron chi connectivity index (χ1n) is 5.09. The Bertz CT molecular complexity index is 454. The van der Waals surface area contributed by atoms with Crippen molar-refractivity contribution in [1.82, 2.24) is 4.90 Å². The van der Waals surface area contributed by atoms with Crippen molar-refractivity contribution < 1.29 is 13.6 Å². The van der Waals surface area contributed by atoms with Gasteiger partial charge in [-0.1, -0.05) is 6.07 Å². The van der Waals surface area contributed by atoms with Crippen molar-refractivity contribution in [3.63, 3.8) is 0 Å². The second kappa shape index (κ2) is 5.94. The van der Waals surface area contributed by atoms with Gasteiger partial charge in [0.1, 0.15) is 11.6 Å². The minimum Gasteiger partial charge on any atom is -0.341 e. The highest BCUT2D eigenvalue weighted by Crippen LogP contribution is 2.12. The van der Waals surface area contributed by atoms with Crippen LogP contribution in [0.5, 0.6) is 0 Å². The zero-order chi connectivity index (χ0) is 12.8. The maximum atomic E-state index is 13.3. The number of nitrogens with zero attached hydrogens (tertiary/aromatic N) is 2. The molecule has 90 valence electrons. The third-order valence-electron chi connectivity index (χ3n) is 2.30. The summed E-state index contributed by atoms with van der Waals surface area (Å²) in [6, 6.07) is 5.09. The molecule has 0 bridgehead atoms. The first-order valence-corrected chi connectivity index (χ1v) is 5.09. The zero-order valence-corrected chi connectivity index (χ0v) is 9.41. The van der Waals surface area contributed by atoms with Crippen LogP contribution in [-0.2, 0) is 11.3 Å². The van der Waals surface area contributed by atoms with E-state index in [4.69, 9.17) is 5.26 Å². The number of benzene rings is 1. The van der Waals surface area contributed by atoms with E-state index < -0.39 is 11.6 Å². The van der Waals surface area contributed by atoms with E-state index in [-0.39, 0.29) is 30.9 Å². The molecule has 1 aromatic rings. The number of amides is 1. The highest BCUT2D eigenvalue weighted by Gasteiger charge is 2.11. The van der Waals surface area contributed by atoms with Crippen molar-refractivity contribution in [3.05, 3.63) is 35.4 Å². The summed E-state index contributed by atoms with van der Waals surface area (Å²) in [5.74, 6) is -1.56. The Morgan fingerprint density at radius 1 is 1.47 bits per heavy atom. The molecule has 1 amide bonds. The predicted molar refractivity (Wildman–Crippen MR) is 57.7 cm³/mol. The second-order valence-electron chi connectivity index (χ2n) is 3.64. The molecule has 0 aliphatic heterocycles. The molecule has 0 spiro atoms. The van der Waals surface area contributed by atoms with Crippen molar-refractivity contribution in [2.45, 2.75) is 19.4 Å². The average molecular weight is 238 g/mol. The van der Waals surface area contributed by atoms with Crippen LogP contribution in [0.3, 0.4) is 0 Å². The van der Waals surface area contributed by atoms with Crippen molar-refractivity contribution in [3.8, 4) is 6.07 Å². The maximum absolute atomic E-state index is 13.3. The van der Waals surface area contributed by atoms with Gasteiger partial charge in [0.2, 0.25) is 5.91 Å². The van der Waals surface area contributed by atoms with E-state index in [1.165, 1.54) is 18.0 Å². The lowest BCUT2D eigenvalue weighted by molar-refractivity contribution is -0.130. The van der Waals surface area contributed by atoms with Gasteiger partial charge in [0.05, 0.1) is 6.07 Å². The van der Waals surface area contributed by atoms with Crippen LogP contribution in [0, 0.1) is 23.0 Å². The Morgan fingerprint density at radius 2 is 2.18 bits per heavy atom. The highest BCUT2D eigenvalue weighted by molar-refractivity contribution is 5.76. The summed E-state index contributed by atoms with van der Waals surface area (Å²) in [4.78, 5) is 12.8. The van der Waals surface area contributed by atoms with Crippen LogP contribution in [0.1, 0.15) is 18.4 Å². The molecule has 0 heterocycles. The standard InChI is InChI=1S/C12H12F2N2O/c1-16(12(17)3-2-6-15)8-9-4-5-10(13)7-11(9)14/h4-5,7H,2-3,8H2,1H3. The second-order valence-corrected chi connectivity index (χ2v) is 3.64. The summed E-state index contributed by atoms with van der Waals surface area (Å²) in [6.07, 6.45) is 0.241. The number of hydrogen-bond donors (Lipinski definition) is 0. The van der Waals surface area contributed by atoms with Crippen LogP contribution in [0.4, 0.5) is 8.78 Å². The molecule has 0 unspecified atom stereocenters. The van der Waals surface area contributed by atoms with Gasteiger partial charge in [0.25, 0.3) is 0 Å². The van der Waals surface area contributed by atoms with Crippen molar-refractivity contribution in [2.75, 3.05) is 7.05 Å². The minimum absolute atomic E-state index is 0.0658. The molecular formula is C12H12F2N2O. The SMILES string of the molecule is CN(Cc1ccc(F)cc1F)C(=O)CCC#N. The monoisotopic (exact) mass is 238 g/mol. The number of carbonyl (C=O) groups is 1. The summed E-state index contributed by atoms with van der Waals surface area (Å²) in [5, 5.41) is 8.34. The van der Waals surface area contributed by atoms with E-state index in [1.807, 2.05) is 6.07 Å². The molecule has 0 saturated carbocycles. The van der Waals surface area contributed by atoms with Crippen LogP contribution in [0.2, 0.25) is 0 Å². The smallest absolute Gasteiger partial charge is 0.223 e. The largest absolute Gasteiger partial charge is 0.341 e. The third kappa shape index (κ3) is 3.83. The fourth-order valence-corrected chi connectivity index (χ4v) is 1.35. The first kappa shape index (κ1) is 13.1. The number of hydrogen-bond acceptors (Lipinski definition) is 2. The molecule has 0 radical (unpaired) electrons. The molecular weight excluding hydrogens is 226 g/mol. The molecule has 5 heteroatoms. The molecule has 1 aromatic carbocycles. The maximum Gasteiger partial charge on any atom is 0.223 e. The molecule has 0 fully saturated rings. The van der Waals surface area contributed by atoms with Crippen LogP contribution in [-0.4, -0.2) is 17.9 Å². The molecule has 0 aliphatic rings. The van der Waals surface area contributed by atoms with Gasteiger partial charge in [0.15, 0.2) is 0 Å². The van der Waals surface area contributed by atoms with Gasteiger partial charge in [-0.15, -0.1) is 0 Å². The lowest BCUT2D eigenvalue weighted by Crippen LogP contribution is -2.26. The fraction of sp³-hybridized carbons (Fsp3) is 0.333. The number of rotatable bonds is 4. The van der Waals surface area contributed by atoms with Gasteiger partial charge in [-0.2, -0.15) is 5.26 Å². The summed E-state index contributed by atoms with van der Waals surface area (Å²) in [6.45, 7) is 0.0658. The van der Waals surface area contributed by atoms with Crippen LogP contribution in [0.15, 0.2) is 18.2 Å². The van der Waals surface area contributed by atoms with Gasteiger partial charge < -0.3 is 4.90 Å². The Hall–Kier alpha value is -1.96. The Kier molecular flexibility index (Phi) is 4.58. The molecule has 0 aromatic heterocycles. The number of halogens is 2. The third-order valence-corrected chi connectivity index (χ3v) is 2.30. The van der Waals surface area contributed by atoms with E-state index in [0.717, 1.165) is 12.1 Å². The van der Waals surface area contributed by atoms with Crippen molar-refractivity contribution in [1.29, 1.82) is 5.26 Å².